The Hall–Kier alpha value is -2.49. The Morgan fingerprint density at radius 3 is 2.24 bits per heavy atom. The maximum atomic E-state index is 12.2. The molecule has 1 amide bonds. The van der Waals surface area contributed by atoms with E-state index < -0.39 is 0 Å². The highest BCUT2D eigenvalue weighted by Gasteiger charge is 2.14. The largest absolute Gasteiger partial charge is 0.494 e. The molecule has 2 aromatic rings. The Labute approximate surface area is 150 Å². The predicted molar refractivity (Wildman–Crippen MR) is 101 cm³/mol. The second-order valence-corrected chi connectivity index (χ2v) is 6.84. The molecular formula is C21H27NO3. The fourth-order valence-electron chi connectivity index (χ4n) is 2.38. The van der Waals surface area contributed by atoms with Crippen molar-refractivity contribution < 1.29 is 14.3 Å². The lowest BCUT2D eigenvalue weighted by molar-refractivity contribution is 0.0947. The summed E-state index contributed by atoms with van der Waals surface area (Å²) >= 11 is 0. The minimum atomic E-state index is -0.0906. The lowest BCUT2D eigenvalue weighted by atomic mass is 9.87. The highest BCUT2D eigenvalue weighted by atomic mass is 16.5. The molecule has 25 heavy (non-hydrogen) atoms. The lowest BCUT2D eigenvalue weighted by Crippen LogP contribution is -2.28. The van der Waals surface area contributed by atoms with Crippen LogP contribution in [-0.2, 0) is 5.41 Å². The first-order chi connectivity index (χ1) is 11.9. The van der Waals surface area contributed by atoms with Crippen LogP contribution in [0, 0.1) is 0 Å². The predicted octanol–water partition coefficient (Wildman–Crippen LogP) is 4.19. The van der Waals surface area contributed by atoms with Crippen molar-refractivity contribution >= 4 is 5.91 Å². The van der Waals surface area contributed by atoms with E-state index in [4.69, 9.17) is 9.47 Å². The van der Waals surface area contributed by atoms with Gasteiger partial charge in [0, 0.05) is 11.6 Å². The van der Waals surface area contributed by atoms with E-state index >= 15 is 0 Å². The summed E-state index contributed by atoms with van der Waals surface area (Å²) in [6.07, 6.45) is 0. The first-order valence-electron chi connectivity index (χ1n) is 8.64. The van der Waals surface area contributed by atoms with Crippen molar-refractivity contribution in [2.45, 2.75) is 33.1 Å². The average molecular weight is 341 g/mol. The van der Waals surface area contributed by atoms with E-state index in [1.54, 1.807) is 0 Å². The first-order valence-corrected chi connectivity index (χ1v) is 8.64. The molecule has 0 fully saturated rings. The third-order valence-corrected chi connectivity index (χ3v) is 3.79. The number of benzene rings is 2. The van der Waals surface area contributed by atoms with Crippen LogP contribution >= 0.6 is 0 Å². The molecule has 2 rings (SSSR count). The molecule has 1 N–H and O–H groups in total. The Bertz CT molecular complexity index is 687. The summed E-state index contributed by atoms with van der Waals surface area (Å²) in [6.45, 7) is 9.87. The number of nitrogens with one attached hydrogen (secondary N) is 1. The fraction of sp³-hybridized carbons (Fsp3) is 0.381. The van der Waals surface area contributed by atoms with Gasteiger partial charge in [0.25, 0.3) is 5.91 Å². The fourth-order valence-corrected chi connectivity index (χ4v) is 2.38. The number of hydrogen-bond acceptors (Lipinski definition) is 3. The van der Waals surface area contributed by atoms with Gasteiger partial charge in [0.05, 0.1) is 13.2 Å². The van der Waals surface area contributed by atoms with Gasteiger partial charge >= 0.3 is 0 Å². The van der Waals surface area contributed by atoms with Gasteiger partial charge in [-0.2, -0.15) is 0 Å². The van der Waals surface area contributed by atoms with E-state index in [0.717, 1.165) is 11.5 Å². The summed E-state index contributed by atoms with van der Waals surface area (Å²) in [6, 6.07) is 15.2. The molecule has 2 aromatic carbocycles. The molecule has 0 aliphatic rings. The zero-order valence-electron chi connectivity index (χ0n) is 15.5. The zero-order valence-corrected chi connectivity index (χ0v) is 15.5. The van der Waals surface area contributed by atoms with E-state index in [0.29, 0.717) is 25.3 Å². The van der Waals surface area contributed by atoms with Gasteiger partial charge in [-0.05, 0) is 42.2 Å². The molecule has 0 saturated heterocycles. The summed E-state index contributed by atoms with van der Waals surface area (Å²) in [4.78, 5) is 12.2. The topological polar surface area (TPSA) is 47.6 Å². The summed E-state index contributed by atoms with van der Waals surface area (Å²) in [5.74, 6) is 1.42. The minimum Gasteiger partial charge on any atom is -0.494 e. The van der Waals surface area contributed by atoms with Crippen molar-refractivity contribution in [1.29, 1.82) is 0 Å². The zero-order chi connectivity index (χ0) is 18.3. The van der Waals surface area contributed by atoms with Crippen molar-refractivity contribution in [3.8, 4) is 11.5 Å². The quantitative estimate of drug-likeness (QED) is 0.768. The van der Waals surface area contributed by atoms with Crippen molar-refractivity contribution in [2.24, 2.45) is 0 Å². The third kappa shape index (κ3) is 5.82. The van der Waals surface area contributed by atoms with Crippen molar-refractivity contribution in [3.63, 3.8) is 0 Å². The number of hydrogen-bond donors (Lipinski definition) is 1. The number of ether oxygens (including phenoxy) is 2. The van der Waals surface area contributed by atoms with Crippen LogP contribution < -0.4 is 14.8 Å². The van der Waals surface area contributed by atoms with Crippen molar-refractivity contribution in [1.82, 2.24) is 5.32 Å². The molecule has 4 heteroatoms. The summed E-state index contributed by atoms with van der Waals surface area (Å²) in [5, 5.41) is 2.87. The van der Waals surface area contributed by atoms with Gasteiger partial charge in [0.2, 0.25) is 0 Å². The van der Waals surface area contributed by atoms with Gasteiger partial charge in [-0.25, -0.2) is 0 Å². The average Bonchev–Trinajstić information content (AvgIpc) is 2.58. The van der Waals surface area contributed by atoms with Gasteiger partial charge in [-0.1, -0.05) is 39.0 Å². The Morgan fingerprint density at radius 1 is 1.00 bits per heavy atom. The van der Waals surface area contributed by atoms with Crippen LogP contribution in [0.5, 0.6) is 11.5 Å². The molecule has 0 radical (unpaired) electrons. The smallest absolute Gasteiger partial charge is 0.251 e. The van der Waals surface area contributed by atoms with Crippen LogP contribution in [0.25, 0.3) is 0 Å². The molecule has 0 aromatic heterocycles. The van der Waals surface area contributed by atoms with Crippen LogP contribution in [-0.4, -0.2) is 25.7 Å². The second kappa shape index (κ2) is 8.56. The molecule has 4 nitrogen and oxygen atoms in total. The van der Waals surface area contributed by atoms with Crippen LogP contribution in [0.1, 0.15) is 43.6 Å². The molecule has 0 atom stereocenters. The molecule has 0 aliphatic carbocycles. The monoisotopic (exact) mass is 341 g/mol. The Balaban J connectivity index is 1.79. The second-order valence-electron chi connectivity index (χ2n) is 6.84. The van der Waals surface area contributed by atoms with Crippen LogP contribution in [0.2, 0.25) is 0 Å². The Kier molecular flexibility index (Phi) is 6.45. The maximum Gasteiger partial charge on any atom is 0.251 e. The van der Waals surface area contributed by atoms with E-state index in [1.165, 1.54) is 5.56 Å². The normalized spacial score (nSPS) is 11.0. The van der Waals surface area contributed by atoms with Crippen molar-refractivity contribution in [2.75, 3.05) is 19.8 Å². The SMILES string of the molecule is CCOc1cccc(OCCNC(=O)c2ccc(C(C)(C)C)cc2)c1. The van der Waals surface area contributed by atoms with Crippen LogP contribution in [0.4, 0.5) is 0 Å². The van der Waals surface area contributed by atoms with E-state index in [1.807, 2.05) is 55.5 Å². The van der Waals surface area contributed by atoms with Gasteiger partial charge in [-0.15, -0.1) is 0 Å². The highest BCUT2D eigenvalue weighted by Crippen LogP contribution is 2.22. The number of carbonyl (C=O) groups is 1. The summed E-state index contributed by atoms with van der Waals surface area (Å²) in [5.41, 5.74) is 1.95. The first kappa shape index (κ1) is 18.8. The molecular weight excluding hydrogens is 314 g/mol. The molecule has 134 valence electrons. The number of carbonyl (C=O) groups excluding carboxylic acids is 1. The molecule has 0 heterocycles. The molecule has 0 aliphatic heterocycles. The molecule has 0 saturated carbocycles. The van der Waals surface area contributed by atoms with Gasteiger partial charge < -0.3 is 14.8 Å². The van der Waals surface area contributed by atoms with Crippen molar-refractivity contribution in [3.05, 3.63) is 59.7 Å². The molecule has 0 bridgehead atoms. The Morgan fingerprint density at radius 2 is 1.64 bits per heavy atom. The van der Waals surface area contributed by atoms with E-state index in [-0.39, 0.29) is 11.3 Å². The lowest BCUT2D eigenvalue weighted by Gasteiger charge is -2.19. The van der Waals surface area contributed by atoms with E-state index in [2.05, 4.69) is 26.1 Å². The van der Waals surface area contributed by atoms with E-state index in [9.17, 15) is 4.79 Å². The van der Waals surface area contributed by atoms with Gasteiger partial charge in [-0.3, -0.25) is 4.79 Å². The number of rotatable bonds is 7. The number of amides is 1. The third-order valence-electron chi connectivity index (χ3n) is 3.79. The van der Waals surface area contributed by atoms with Crippen LogP contribution in [0.3, 0.4) is 0 Å². The minimum absolute atomic E-state index is 0.0822. The highest BCUT2D eigenvalue weighted by molar-refractivity contribution is 5.94. The maximum absolute atomic E-state index is 12.2. The van der Waals surface area contributed by atoms with Gasteiger partial charge in [0.15, 0.2) is 0 Å². The molecule has 0 spiro atoms. The molecule has 0 unspecified atom stereocenters. The van der Waals surface area contributed by atoms with Crippen LogP contribution in [0.15, 0.2) is 48.5 Å². The standard InChI is InChI=1S/C21H27NO3/c1-5-24-18-7-6-8-19(15-18)25-14-13-22-20(23)16-9-11-17(12-10-16)21(2,3)4/h6-12,15H,5,13-14H2,1-4H3,(H,22,23). The summed E-state index contributed by atoms with van der Waals surface area (Å²) < 4.78 is 11.1. The summed E-state index contributed by atoms with van der Waals surface area (Å²) in [7, 11) is 0. The van der Waals surface area contributed by atoms with Gasteiger partial charge in [0.1, 0.15) is 18.1 Å².